The lowest BCUT2D eigenvalue weighted by atomic mass is 10.2. The lowest BCUT2D eigenvalue weighted by molar-refractivity contribution is -0.123. The molecule has 2 amide bonds. The summed E-state index contributed by atoms with van der Waals surface area (Å²) in [7, 11) is 0. The Bertz CT molecular complexity index is 744. The first-order valence-corrected chi connectivity index (χ1v) is 7.92. The highest BCUT2D eigenvalue weighted by Gasteiger charge is 2.38. The first-order valence-electron chi connectivity index (χ1n) is 7.92. The Hall–Kier alpha value is -2.95. The molecule has 0 unspecified atom stereocenters. The molecule has 2 aromatic rings. The molecule has 2 atom stereocenters. The number of hydrogen-bond donors (Lipinski definition) is 1. The van der Waals surface area contributed by atoms with Crippen LogP contribution < -0.4 is 10.2 Å². The minimum atomic E-state index is -0.494. The average molecular weight is 321 g/mol. The van der Waals surface area contributed by atoms with Crippen LogP contribution in [0.1, 0.15) is 18.9 Å². The molecule has 1 N–H and O–H groups in total. The number of carbonyl (C=O) groups is 2. The van der Waals surface area contributed by atoms with Crippen LogP contribution in [0.5, 0.6) is 0 Å². The third-order valence-electron chi connectivity index (χ3n) is 4.02. The molecule has 5 nitrogen and oxygen atoms in total. The molecule has 1 aromatic heterocycles. The van der Waals surface area contributed by atoms with Crippen molar-refractivity contribution in [2.75, 3.05) is 4.90 Å². The topological polar surface area (TPSA) is 62.3 Å². The molecule has 1 aromatic carbocycles. The van der Waals surface area contributed by atoms with Gasteiger partial charge in [0.15, 0.2) is 0 Å². The number of aromatic nitrogens is 1. The Kier molecular flexibility index (Phi) is 4.70. The first-order chi connectivity index (χ1) is 11.6. The summed E-state index contributed by atoms with van der Waals surface area (Å²) in [5.74, 6) is -0.351. The summed E-state index contributed by atoms with van der Waals surface area (Å²) in [5, 5.41) is 2.79. The van der Waals surface area contributed by atoms with Gasteiger partial charge in [-0.1, -0.05) is 24.3 Å². The fraction of sp³-hybridized carbons (Fsp3) is 0.211. The second kappa shape index (κ2) is 7.08. The molecule has 0 saturated carbocycles. The van der Waals surface area contributed by atoms with Crippen LogP contribution in [-0.2, 0) is 9.59 Å². The number of carbonyl (C=O) groups excluding carboxylic acids is 2. The van der Waals surface area contributed by atoms with Crippen LogP contribution in [0.2, 0.25) is 0 Å². The van der Waals surface area contributed by atoms with E-state index in [1.165, 1.54) is 6.08 Å². The number of para-hydroxylation sites is 1. The minimum Gasteiger partial charge on any atom is -0.341 e. The van der Waals surface area contributed by atoms with Crippen LogP contribution in [0.4, 0.5) is 5.69 Å². The van der Waals surface area contributed by atoms with Gasteiger partial charge in [-0.05, 0) is 43.2 Å². The Morgan fingerprint density at radius 3 is 2.75 bits per heavy atom. The van der Waals surface area contributed by atoms with E-state index in [1.54, 1.807) is 29.4 Å². The molecule has 0 aliphatic carbocycles. The lowest BCUT2D eigenvalue weighted by Gasteiger charge is -2.21. The summed E-state index contributed by atoms with van der Waals surface area (Å²) >= 11 is 0. The van der Waals surface area contributed by atoms with Gasteiger partial charge >= 0.3 is 0 Å². The van der Waals surface area contributed by atoms with Crippen molar-refractivity contribution < 1.29 is 9.59 Å². The molecule has 1 aliphatic rings. The molecule has 3 rings (SSSR count). The highest BCUT2D eigenvalue weighted by atomic mass is 16.2. The number of amides is 2. The van der Waals surface area contributed by atoms with Crippen molar-refractivity contribution in [3.8, 4) is 0 Å². The molecular formula is C19H19N3O2. The fourth-order valence-electron chi connectivity index (χ4n) is 2.89. The summed E-state index contributed by atoms with van der Waals surface area (Å²) < 4.78 is 0. The van der Waals surface area contributed by atoms with Gasteiger partial charge in [0.2, 0.25) is 11.8 Å². The Balaban J connectivity index is 1.65. The number of anilines is 1. The van der Waals surface area contributed by atoms with Crippen molar-refractivity contribution in [1.29, 1.82) is 0 Å². The molecule has 0 radical (unpaired) electrons. The van der Waals surface area contributed by atoms with Gasteiger partial charge in [-0.3, -0.25) is 14.6 Å². The van der Waals surface area contributed by atoms with Crippen molar-refractivity contribution >= 4 is 23.6 Å². The summed E-state index contributed by atoms with van der Waals surface area (Å²) in [4.78, 5) is 30.4. The van der Waals surface area contributed by atoms with Gasteiger partial charge in [0.05, 0.1) is 0 Å². The highest BCUT2D eigenvalue weighted by molar-refractivity contribution is 6.03. The molecule has 2 heterocycles. The average Bonchev–Trinajstić information content (AvgIpc) is 2.88. The maximum Gasteiger partial charge on any atom is 0.249 e. The largest absolute Gasteiger partial charge is 0.341 e. The monoisotopic (exact) mass is 321 g/mol. The zero-order chi connectivity index (χ0) is 16.9. The van der Waals surface area contributed by atoms with Crippen LogP contribution in [-0.4, -0.2) is 28.9 Å². The Morgan fingerprint density at radius 1 is 1.25 bits per heavy atom. The molecule has 0 bridgehead atoms. The molecule has 5 heteroatoms. The third kappa shape index (κ3) is 3.51. The van der Waals surface area contributed by atoms with E-state index in [9.17, 15) is 9.59 Å². The van der Waals surface area contributed by atoms with Crippen LogP contribution in [0.3, 0.4) is 0 Å². The molecular weight excluding hydrogens is 302 g/mol. The zero-order valence-corrected chi connectivity index (χ0v) is 13.4. The molecule has 24 heavy (non-hydrogen) atoms. The fourth-order valence-corrected chi connectivity index (χ4v) is 2.89. The van der Waals surface area contributed by atoms with E-state index in [0.717, 1.165) is 11.3 Å². The maximum absolute atomic E-state index is 12.6. The van der Waals surface area contributed by atoms with Crippen LogP contribution in [0, 0.1) is 0 Å². The van der Waals surface area contributed by atoms with Crippen molar-refractivity contribution in [2.24, 2.45) is 0 Å². The van der Waals surface area contributed by atoms with Crippen LogP contribution in [0.15, 0.2) is 60.9 Å². The number of rotatable bonds is 4. The molecule has 1 fully saturated rings. The van der Waals surface area contributed by atoms with E-state index in [-0.39, 0.29) is 17.9 Å². The van der Waals surface area contributed by atoms with E-state index in [1.807, 2.05) is 43.3 Å². The lowest BCUT2D eigenvalue weighted by Crippen LogP contribution is -2.41. The first kappa shape index (κ1) is 15.9. The third-order valence-corrected chi connectivity index (χ3v) is 4.02. The predicted octanol–water partition coefficient (Wildman–Crippen LogP) is 2.41. The highest BCUT2D eigenvalue weighted by Crippen LogP contribution is 2.26. The number of nitrogens with one attached hydrogen (secondary N) is 1. The van der Waals surface area contributed by atoms with Gasteiger partial charge in [0.1, 0.15) is 6.04 Å². The summed E-state index contributed by atoms with van der Waals surface area (Å²) in [6, 6.07) is 12.7. The van der Waals surface area contributed by atoms with E-state index >= 15 is 0 Å². The normalized spacial score (nSPS) is 20.5. The quantitative estimate of drug-likeness (QED) is 0.880. The van der Waals surface area contributed by atoms with E-state index in [4.69, 9.17) is 0 Å². The van der Waals surface area contributed by atoms with Gasteiger partial charge < -0.3 is 10.2 Å². The second-order valence-electron chi connectivity index (χ2n) is 5.81. The molecule has 122 valence electrons. The number of hydrogen-bond acceptors (Lipinski definition) is 3. The van der Waals surface area contributed by atoms with Crippen molar-refractivity contribution in [3.05, 3.63) is 66.5 Å². The van der Waals surface area contributed by atoms with Gasteiger partial charge in [0.25, 0.3) is 0 Å². The Labute approximate surface area is 141 Å². The SMILES string of the molecule is C[C@@H]1C[C@H](NC(=O)/C=C/c2cccnc2)C(=O)N1c1ccccc1. The maximum atomic E-state index is 12.6. The summed E-state index contributed by atoms with van der Waals surface area (Å²) in [6.07, 6.45) is 7.05. The summed E-state index contributed by atoms with van der Waals surface area (Å²) in [6.45, 7) is 1.99. The van der Waals surface area contributed by atoms with E-state index < -0.39 is 6.04 Å². The van der Waals surface area contributed by atoms with E-state index in [0.29, 0.717) is 6.42 Å². The zero-order valence-electron chi connectivity index (χ0n) is 13.4. The summed E-state index contributed by atoms with van der Waals surface area (Å²) in [5.41, 5.74) is 1.70. The molecule has 1 aliphatic heterocycles. The van der Waals surface area contributed by atoms with E-state index in [2.05, 4.69) is 10.3 Å². The smallest absolute Gasteiger partial charge is 0.249 e. The predicted molar refractivity (Wildman–Crippen MR) is 93.2 cm³/mol. The number of nitrogens with zero attached hydrogens (tertiary/aromatic N) is 2. The van der Waals surface area contributed by atoms with Crippen molar-refractivity contribution in [3.63, 3.8) is 0 Å². The van der Waals surface area contributed by atoms with Crippen LogP contribution in [0.25, 0.3) is 6.08 Å². The second-order valence-corrected chi connectivity index (χ2v) is 5.81. The van der Waals surface area contributed by atoms with Gasteiger partial charge in [-0.2, -0.15) is 0 Å². The van der Waals surface area contributed by atoms with Crippen LogP contribution >= 0.6 is 0 Å². The van der Waals surface area contributed by atoms with Gasteiger partial charge in [-0.15, -0.1) is 0 Å². The minimum absolute atomic E-state index is 0.0486. The van der Waals surface area contributed by atoms with Crippen molar-refractivity contribution in [2.45, 2.75) is 25.4 Å². The van der Waals surface area contributed by atoms with Gasteiger partial charge in [0, 0.05) is 30.2 Å². The number of pyridine rings is 1. The number of benzene rings is 1. The van der Waals surface area contributed by atoms with Crippen molar-refractivity contribution in [1.82, 2.24) is 10.3 Å². The van der Waals surface area contributed by atoms with Gasteiger partial charge in [-0.25, -0.2) is 0 Å². The Morgan fingerprint density at radius 2 is 2.04 bits per heavy atom. The molecule has 0 spiro atoms. The molecule has 1 saturated heterocycles. The standard InChI is InChI=1S/C19H19N3O2/c1-14-12-17(19(24)22(14)16-7-3-2-4-8-16)21-18(23)10-9-15-6-5-11-20-13-15/h2-11,13-14,17H,12H2,1H3,(H,21,23)/b10-9+/t14-,17+/m1/s1.